The quantitative estimate of drug-likeness (QED) is 0.695. The van der Waals surface area contributed by atoms with E-state index in [0.29, 0.717) is 23.3 Å². The zero-order valence-electron chi connectivity index (χ0n) is 14.7. The molecule has 0 unspecified atom stereocenters. The van der Waals surface area contributed by atoms with Gasteiger partial charge in [0.2, 0.25) is 5.91 Å². The molecule has 0 atom stereocenters. The SMILES string of the molecule is COC(=O)Nc1ccc(CNC(=O)CCn2c(=O)oc3ccccc32)cc1. The summed E-state index contributed by atoms with van der Waals surface area (Å²) in [5, 5.41) is 5.35. The van der Waals surface area contributed by atoms with Gasteiger partial charge in [-0.2, -0.15) is 0 Å². The van der Waals surface area contributed by atoms with E-state index < -0.39 is 11.8 Å². The van der Waals surface area contributed by atoms with Crippen LogP contribution in [-0.4, -0.2) is 23.7 Å². The molecule has 3 aromatic rings. The fourth-order valence-electron chi connectivity index (χ4n) is 2.60. The van der Waals surface area contributed by atoms with Crippen molar-refractivity contribution in [3.63, 3.8) is 0 Å². The number of benzene rings is 2. The standard InChI is InChI=1S/C19H19N3O5/c1-26-18(24)21-14-8-6-13(7-9-14)12-20-17(23)10-11-22-15-4-2-3-5-16(15)27-19(22)25/h2-9H,10-12H2,1H3,(H,20,23)(H,21,24). The molecule has 0 aliphatic rings. The molecule has 0 saturated carbocycles. The summed E-state index contributed by atoms with van der Waals surface area (Å²) in [6.07, 6.45) is -0.385. The van der Waals surface area contributed by atoms with Crippen LogP contribution < -0.4 is 16.4 Å². The number of amides is 2. The number of aromatic nitrogens is 1. The highest BCUT2D eigenvalue weighted by molar-refractivity contribution is 5.84. The summed E-state index contributed by atoms with van der Waals surface area (Å²) in [4.78, 5) is 35.1. The van der Waals surface area contributed by atoms with Crippen LogP contribution in [-0.2, 0) is 22.6 Å². The number of fused-ring (bicyclic) bond motifs is 1. The first kappa shape index (κ1) is 18.2. The van der Waals surface area contributed by atoms with Crippen LogP contribution in [0.4, 0.5) is 10.5 Å². The number of methoxy groups -OCH3 is 1. The molecule has 1 aromatic heterocycles. The minimum absolute atomic E-state index is 0.158. The van der Waals surface area contributed by atoms with E-state index in [1.165, 1.54) is 11.7 Å². The molecular weight excluding hydrogens is 350 g/mol. The van der Waals surface area contributed by atoms with E-state index in [1.54, 1.807) is 42.5 Å². The van der Waals surface area contributed by atoms with Gasteiger partial charge in [-0.3, -0.25) is 14.7 Å². The first-order valence-corrected chi connectivity index (χ1v) is 8.36. The average Bonchev–Trinajstić information content (AvgIpc) is 3.00. The fraction of sp³-hybridized carbons (Fsp3) is 0.211. The molecule has 2 N–H and O–H groups in total. The van der Waals surface area contributed by atoms with Crippen LogP contribution in [0.5, 0.6) is 0 Å². The molecule has 2 aromatic carbocycles. The minimum atomic E-state index is -0.543. The zero-order chi connectivity index (χ0) is 19.2. The second-order valence-corrected chi connectivity index (χ2v) is 5.83. The minimum Gasteiger partial charge on any atom is -0.453 e. The summed E-state index contributed by atoms with van der Waals surface area (Å²) in [5.74, 6) is -0.651. The molecule has 0 aliphatic carbocycles. The number of nitrogens with one attached hydrogen (secondary N) is 2. The highest BCUT2D eigenvalue weighted by atomic mass is 16.5. The zero-order valence-corrected chi connectivity index (χ0v) is 14.7. The predicted octanol–water partition coefficient (Wildman–Crippen LogP) is 2.48. The molecule has 0 aliphatic heterocycles. The summed E-state index contributed by atoms with van der Waals surface area (Å²) in [6.45, 7) is 0.585. The van der Waals surface area contributed by atoms with Gasteiger partial charge in [-0.05, 0) is 29.8 Å². The number of carbonyl (C=O) groups excluding carboxylic acids is 2. The first-order valence-electron chi connectivity index (χ1n) is 8.36. The van der Waals surface area contributed by atoms with Crippen LogP contribution in [0.1, 0.15) is 12.0 Å². The molecule has 3 rings (SSSR count). The molecule has 0 bridgehead atoms. The molecule has 1 heterocycles. The Morgan fingerprint density at radius 2 is 1.85 bits per heavy atom. The molecule has 0 saturated heterocycles. The van der Waals surface area contributed by atoms with Gasteiger partial charge in [0.25, 0.3) is 0 Å². The predicted molar refractivity (Wildman–Crippen MR) is 99.4 cm³/mol. The van der Waals surface area contributed by atoms with E-state index in [9.17, 15) is 14.4 Å². The van der Waals surface area contributed by atoms with Gasteiger partial charge in [-0.1, -0.05) is 24.3 Å². The topological polar surface area (TPSA) is 103 Å². The van der Waals surface area contributed by atoms with Crippen molar-refractivity contribution < 1.29 is 18.7 Å². The summed E-state index contributed by atoms with van der Waals surface area (Å²) < 4.78 is 11.1. The lowest BCUT2D eigenvalue weighted by molar-refractivity contribution is -0.121. The van der Waals surface area contributed by atoms with Crippen LogP contribution in [0.25, 0.3) is 11.1 Å². The van der Waals surface area contributed by atoms with E-state index in [0.717, 1.165) is 5.56 Å². The van der Waals surface area contributed by atoms with Crippen molar-refractivity contribution in [2.45, 2.75) is 19.5 Å². The molecule has 2 amide bonds. The van der Waals surface area contributed by atoms with Crippen LogP contribution in [0.3, 0.4) is 0 Å². The maximum atomic E-state index is 12.1. The van der Waals surface area contributed by atoms with Crippen molar-refractivity contribution in [3.05, 3.63) is 64.6 Å². The summed E-state index contributed by atoms with van der Waals surface area (Å²) in [5.41, 5.74) is 2.65. The largest absolute Gasteiger partial charge is 0.453 e. The van der Waals surface area contributed by atoms with Gasteiger partial charge >= 0.3 is 11.8 Å². The number of rotatable bonds is 6. The normalized spacial score (nSPS) is 10.6. The molecule has 27 heavy (non-hydrogen) atoms. The highest BCUT2D eigenvalue weighted by Gasteiger charge is 2.10. The Balaban J connectivity index is 1.52. The van der Waals surface area contributed by atoms with E-state index in [-0.39, 0.29) is 18.9 Å². The molecule has 8 nitrogen and oxygen atoms in total. The second-order valence-electron chi connectivity index (χ2n) is 5.83. The Morgan fingerprint density at radius 3 is 2.59 bits per heavy atom. The Labute approximate surface area is 154 Å². The summed E-state index contributed by atoms with van der Waals surface area (Å²) in [6, 6.07) is 14.1. The van der Waals surface area contributed by atoms with Gasteiger partial charge in [0.15, 0.2) is 5.58 Å². The second kappa shape index (κ2) is 8.22. The van der Waals surface area contributed by atoms with Crippen molar-refractivity contribution >= 4 is 28.8 Å². The molecule has 8 heteroatoms. The molecule has 140 valence electrons. The van der Waals surface area contributed by atoms with Gasteiger partial charge in [0.1, 0.15) is 0 Å². The number of nitrogens with zero attached hydrogens (tertiary/aromatic N) is 1. The molecule has 0 radical (unpaired) electrons. The fourth-order valence-corrected chi connectivity index (χ4v) is 2.60. The van der Waals surface area contributed by atoms with E-state index in [2.05, 4.69) is 15.4 Å². The number of hydrogen-bond donors (Lipinski definition) is 2. The Morgan fingerprint density at radius 1 is 1.11 bits per heavy atom. The van der Waals surface area contributed by atoms with Crippen molar-refractivity contribution in [2.24, 2.45) is 0 Å². The first-order chi connectivity index (χ1) is 13.1. The highest BCUT2D eigenvalue weighted by Crippen LogP contribution is 2.12. The number of ether oxygens (including phenoxy) is 1. The number of carbonyl (C=O) groups is 2. The third kappa shape index (κ3) is 4.55. The monoisotopic (exact) mass is 369 g/mol. The summed E-state index contributed by atoms with van der Waals surface area (Å²) >= 11 is 0. The lowest BCUT2D eigenvalue weighted by Crippen LogP contribution is -2.25. The lowest BCUT2D eigenvalue weighted by atomic mass is 10.2. The van der Waals surface area contributed by atoms with Crippen LogP contribution >= 0.6 is 0 Å². The van der Waals surface area contributed by atoms with Gasteiger partial charge in [0.05, 0.1) is 12.6 Å². The third-order valence-corrected chi connectivity index (χ3v) is 4.01. The number of para-hydroxylation sites is 2. The molecular formula is C19H19N3O5. The number of hydrogen-bond acceptors (Lipinski definition) is 5. The lowest BCUT2D eigenvalue weighted by Gasteiger charge is -2.07. The number of aryl methyl sites for hydroxylation is 1. The smallest absolute Gasteiger partial charge is 0.419 e. The van der Waals surface area contributed by atoms with Crippen molar-refractivity contribution in [3.8, 4) is 0 Å². The van der Waals surface area contributed by atoms with Crippen molar-refractivity contribution in [1.29, 1.82) is 0 Å². The van der Waals surface area contributed by atoms with Crippen LogP contribution in [0.2, 0.25) is 0 Å². The van der Waals surface area contributed by atoms with E-state index >= 15 is 0 Å². The van der Waals surface area contributed by atoms with Gasteiger partial charge in [-0.15, -0.1) is 0 Å². The Kier molecular flexibility index (Phi) is 5.55. The van der Waals surface area contributed by atoms with Gasteiger partial charge in [0, 0.05) is 25.2 Å². The van der Waals surface area contributed by atoms with E-state index in [1.807, 2.05) is 6.07 Å². The molecule has 0 spiro atoms. The Hall–Kier alpha value is -3.55. The van der Waals surface area contributed by atoms with Crippen molar-refractivity contribution in [1.82, 2.24) is 9.88 Å². The average molecular weight is 369 g/mol. The van der Waals surface area contributed by atoms with Gasteiger partial charge < -0.3 is 14.5 Å². The van der Waals surface area contributed by atoms with Gasteiger partial charge in [-0.25, -0.2) is 9.59 Å². The van der Waals surface area contributed by atoms with Crippen LogP contribution in [0.15, 0.2) is 57.7 Å². The third-order valence-electron chi connectivity index (χ3n) is 4.01. The summed E-state index contributed by atoms with van der Waals surface area (Å²) in [7, 11) is 1.29. The Bertz CT molecular complexity index is 1000. The van der Waals surface area contributed by atoms with Crippen molar-refractivity contribution in [2.75, 3.05) is 12.4 Å². The number of anilines is 1. The molecule has 0 fully saturated rings. The van der Waals surface area contributed by atoms with Crippen LogP contribution in [0, 0.1) is 0 Å². The maximum Gasteiger partial charge on any atom is 0.419 e. The maximum absolute atomic E-state index is 12.1. The number of oxazole rings is 1. The van der Waals surface area contributed by atoms with E-state index in [4.69, 9.17) is 4.42 Å².